The molecule has 0 saturated heterocycles. The minimum absolute atomic E-state index is 0.0326. The van der Waals surface area contributed by atoms with E-state index in [1.807, 2.05) is 13.0 Å². The van der Waals surface area contributed by atoms with Gasteiger partial charge in [0.2, 0.25) is 0 Å². The van der Waals surface area contributed by atoms with Gasteiger partial charge in [-0.15, -0.1) is 0 Å². The maximum absolute atomic E-state index is 12.6. The molecular weight excluding hydrogens is 374 g/mol. The van der Waals surface area contributed by atoms with E-state index in [2.05, 4.69) is 10.4 Å². The van der Waals surface area contributed by atoms with Gasteiger partial charge in [0.05, 0.1) is 32.7 Å². The third kappa shape index (κ3) is 3.96. The molecule has 152 valence electrons. The average molecular weight is 397 g/mol. The summed E-state index contributed by atoms with van der Waals surface area (Å²) in [5.41, 5.74) is 2.12. The summed E-state index contributed by atoms with van der Waals surface area (Å²) in [5, 5.41) is 17.5. The van der Waals surface area contributed by atoms with Gasteiger partial charge in [0.15, 0.2) is 11.5 Å². The van der Waals surface area contributed by atoms with Gasteiger partial charge in [-0.2, -0.15) is 9.78 Å². The summed E-state index contributed by atoms with van der Waals surface area (Å²) in [6.45, 7) is 2.27. The van der Waals surface area contributed by atoms with Gasteiger partial charge < -0.3 is 24.6 Å². The fourth-order valence-electron chi connectivity index (χ4n) is 2.94. The van der Waals surface area contributed by atoms with E-state index in [-0.39, 0.29) is 11.8 Å². The summed E-state index contributed by atoms with van der Waals surface area (Å²) in [4.78, 5) is 12.6. The molecule has 0 aliphatic rings. The molecule has 0 saturated carbocycles. The molecule has 2 N–H and O–H groups in total. The number of ether oxygens (including phenoxy) is 3. The van der Waals surface area contributed by atoms with Crippen LogP contribution in [-0.4, -0.2) is 48.8 Å². The average Bonchev–Trinajstić information content (AvgIpc) is 3.19. The Labute approximate surface area is 168 Å². The van der Waals surface area contributed by atoms with Crippen LogP contribution in [0.3, 0.4) is 0 Å². The molecule has 1 heterocycles. The molecule has 8 nitrogen and oxygen atoms in total. The number of nitrogens with one attached hydrogen (secondary N) is 1. The van der Waals surface area contributed by atoms with Gasteiger partial charge in [-0.1, -0.05) is 0 Å². The summed E-state index contributed by atoms with van der Waals surface area (Å²) in [6.07, 6.45) is 0. The van der Waals surface area contributed by atoms with Gasteiger partial charge in [-0.05, 0) is 49.4 Å². The van der Waals surface area contributed by atoms with Gasteiger partial charge in [0, 0.05) is 17.7 Å². The number of hydrogen-bond acceptors (Lipinski definition) is 6. The van der Waals surface area contributed by atoms with E-state index in [0.29, 0.717) is 46.3 Å². The van der Waals surface area contributed by atoms with Crippen molar-refractivity contribution in [2.45, 2.75) is 6.92 Å². The summed E-state index contributed by atoms with van der Waals surface area (Å²) in [6, 6.07) is 11.5. The molecule has 0 fully saturated rings. The lowest BCUT2D eigenvalue weighted by Gasteiger charge is -2.10. The second kappa shape index (κ2) is 8.55. The Kier molecular flexibility index (Phi) is 5.92. The van der Waals surface area contributed by atoms with Gasteiger partial charge in [0.1, 0.15) is 11.5 Å². The van der Waals surface area contributed by atoms with Crippen LogP contribution >= 0.6 is 0 Å². The molecule has 0 radical (unpaired) electrons. The van der Waals surface area contributed by atoms with Crippen molar-refractivity contribution in [1.29, 1.82) is 0 Å². The zero-order valence-electron chi connectivity index (χ0n) is 16.7. The lowest BCUT2D eigenvalue weighted by Crippen LogP contribution is -2.29. The van der Waals surface area contributed by atoms with Gasteiger partial charge in [-0.25, -0.2) is 4.79 Å². The standard InChI is InChI=1S/C21H23N3O5/c1-5-22-21(26)24-17(13-6-9-19(28-3)20(10-13)29-4)12-16(23-24)15-11-14(27-2)7-8-18(15)25/h6-12,25H,5H2,1-4H3,(H,22,26). The molecule has 0 bridgehead atoms. The first-order chi connectivity index (χ1) is 14.0. The van der Waals surface area contributed by atoms with E-state index in [1.165, 1.54) is 10.7 Å². The van der Waals surface area contributed by atoms with Crippen LogP contribution in [0.15, 0.2) is 42.5 Å². The Morgan fingerprint density at radius 1 is 1.03 bits per heavy atom. The summed E-state index contributed by atoms with van der Waals surface area (Å²) >= 11 is 0. The smallest absolute Gasteiger partial charge is 0.342 e. The van der Waals surface area contributed by atoms with Gasteiger partial charge in [0.25, 0.3) is 0 Å². The van der Waals surface area contributed by atoms with E-state index in [0.717, 1.165) is 0 Å². The van der Waals surface area contributed by atoms with E-state index >= 15 is 0 Å². The number of amides is 1. The Morgan fingerprint density at radius 3 is 2.45 bits per heavy atom. The molecule has 1 amide bonds. The Bertz CT molecular complexity index is 1030. The monoisotopic (exact) mass is 397 g/mol. The van der Waals surface area contributed by atoms with Crippen LogP contribution < -0.4 is 19.5 Å². The van der Waals surface area contributed by atoms with Crippen LogP contribution in [0, 0.1) is 0 Å². The fraction of sp³-hybridized carbons (Fsp3) is 0.238. The lowest BCUT2D eigenvalue weighted by atomic mass is 10.1. The number of carbonyl (C=O) groups excluding carboxylic acids is 1. The summed E-state index contributed by atoms with van der Waals surface area (Å²) in [5.74, 6) is 1.70. The third-order valence-corrected chi connectivity index (χ3v) is 4.39. The van der Waals surface area contributed by atoms with Crippen molar-refractivity contribution >= 4 is 6.03 Å². The largest absolute Gasteiger partial charge is 0.507 e. The molecule has 1 aromatic heterocycles. The van der Waals surface area contributed by atoms with Crippen LogP contribution in [0.1, 0.15) is 6.92 Å². The van der Waals surface area contributed by atoms with E-state index < -0.39 is 0 Å². The molecular formula is C21H23N3O5. The molecule has 0 atom stereocenters. The first-order valence-corrected chi connectivity index (χ1v) is 9.00. The SMILES string of the molecule is CCNC(=O)n1nc(-c2cc(OC)ccc2O)cc1-c1ccc(OC)c(OC)c1. The van der Waals surface area contributed by atoms with Crippen LogP contribution in [0.2, 0.25) is 0 Å². The van der Waals surface area contributed by atoms with Crippen molar-refractivity contribution in [3.8, 4) is 45.5 Å². The zero-order valence-corrected chi connectivity index (χ0v) is 16.7. The number of phenols is 1. The topological polar surface area (TPSA) is 94.8 Å². The highest BCUT2D eigenvalue weighted by molar-refractivity contribution is 5.85. The van der Waals surface area contributed by atoms with Crippen LogP contribution in [0.5, 0.6) is 23.0 Å². The molecule has 3 rings (SSSR count). The predicted octanol–water partition coefficient (Wildman–Crippen LogP) is 3.53. The van der Waals surface area contributed by atoms with Crippen molar-refractivity contribution in [3.63, 3.8) is 0 Å². The quantitative estimate of drug-likeness (QED) is 0.661. The third-order valence-electron chi connectivity index (χ3n) is 4.39. The molecule has 8 heteroatoms. The highest BCUT2D eigenvalue weighted by atomic mass is 16.5. The number of rotatable bonds is 6. The van der Waals surface area contributed by atoms with Crippen LogP contribution in [0.4, 0.5) is 4.79 Å². The van der Waals surface area contributed by atoms with Crippen molar-refractivity contribution in [1.82, 2.24) is 15.1 Å². The number of nitrogens with zero attached hydrogens (tertiary/aromatic N) is 2. The highest BCUT2D eigenvalue weighted by Crippen LogP contribution is 2.36. The first kappa shape index (κ1) is 20.1. The normalized spacial score (nSPS) is 10.5. The number of methoxy groups -OCH3 is 3. The number of aromatic hydroxyl groups is 1. The van der Waals surface area contributed by atoms with E-state index in [9.17, 15) is 9.90 Å². The number of hydrogen-bond donors (Lipinski definition) is 2. The number of benzene rings is 2. The zero-order chi connectivity index (χ0) is 21.0. The molecule has 0 aliphatic carbocycles. The molecule has 3 aromatic rings. The summed E-state index contributed by atoms with van der Waals surface area (Å²) in [7, 11) is 4.64. The Balaban J connectivity index is 2.18. The van der Waals surface area contributed by atoms with Crippen molar-refractivity contribution in [3.05, 3.63) is 42.5 Å². The molecule has 2 aromatic carbocycles. The van der Waals surface area contributed by atoms with Crippen molar-refractivity contribution in [2.24, 2.45) is 0 Å². The molecule has 0 spiro atoms. The lowest BCUT2D eigenvalue weighted by molar-refractivity contribution is 0.240. The van der Waals surface area contributed by atoms with Gasteiger partial charge >= 0.3 is 6.03 Å². The second-order valence-electron chi connectivity index (χ2n) is 6.11. The fourth-order valence-corrected chi connectivity index (χ4v) is 2.94. The minimum atomic E-state index is -0.383. The number of phenolic OH excluding ortho intramolecular Hbond substituents is 1. The van der Waals surface area contributed by atoms with E-state index in [4.69, 9.17) is 14.2 Å². The van der Waals surface area contributed by atoms with Gasteiger partial charge in [-0.3, -0.25) is 0 Å². The number of carbonyl (C=O) groups is 1. The van der Waals surface area contributed by atoms with Crippen molar-refractivity contribution < 1.29 is 24.1 Å². The van der Waals surface area contributed by atoms with Crippen LogP contribution in [-0.2, 0) is 0 Å². The minimum Gasteiger partial charge on any atom is -0.507 e. The maximum Gasteiger partial charge on any atom is 0.342 e. The molecule has 0 unspecified atom stereocenters. The first-order valence-electron chi connectivity index (χ1n) is 9.00. The van der Waals surface area contributed by atoms with E-state index in [1.54, 1.807) is 51.7 Å². The molecule has 0 aliphatic heterocycles. The van der Waals surface area contributed by atoms with Crippen LogP contribution in [0.25, 0.3) is 22.5 Å². The maximum atomic E-state index is 12.6. The second-order valence-corrected chi connectivity index (χ2v) is 6.11. The van der Waals surface area contributed by atoms with Crippen molar-refractivity contribution in [2.75, 3.05) is 27.9 Å². The molecule has 29 heavy (non-hydrogen) atoms. The summed E-state index contributed by atoms with van der Waals surface area (Å²) < 4.78 is 17.2. The Morgan fingerprint density at radius 2 is 1.79 bits per heavy atom. The Hall–Kier alpha value is -3.68. The highest BCUT2D eigenvalue weighted by Gasteiger charge is 2.20. The number of aromatic nitrogens is 2. The predicted molar refractivity (Wildman–Crippen MR) is 109 cm³/mol.